The number of methoxy groups -OCH3 is 1. The monoisotopic (exact) mass is 480 g/mol. The summed E-state index contributed by atoms with van der Waals surface area (Å²) in [4.78, 5) is 18.8. The lowest BCUT2D eigenvalue weighted by Crippen LogP contribution is -2.35. The maximum atomic E-state index is 13.5. The van der Waals surface area contributed by atoms with E-state index in [9.17, 15) is 4.79 Å². The molecule has 0 spiro atoms. The van der Waals surface area contributed by atoms with E-state index in [0.717, 1.165) is 22.0 Å². The smallest absolute Gasteiger partial charge is 0.253 e. The predicted octanol–water partition coefficient (Wildman–Crippen LogP) is 4.18. The number of rotatable bonds is 9. The Hall–Kier alpha value is -4.30. The lowest BCUT2D eigenvalue weighted by Gasteiger charge is -2.30. The molecule has 3 aromatic carbocycles. The zero-order valence-electron chi connectivity index (χ0n) is 20.3. The third-order valence-corrected chi connectivity index (χ3v) is 6.36. The van der Waals surface area contributed by atoms with E-state index in [-0.39, 0.29) is 5.56 Å². The van der Waals surface area contributed by atoms with Crippen LogP contribution in [-0.2, 0) is 13.1 Å². The highest BCUT2D eigenvalue weighted by molar-refractivity contribution is 5.80. The van der Waals surface area contributed by atoms with E-state index >= 15 is 0 Å². The quantitative estimate of drug-likeness (QED) is 0.340. The summed E-state index contributed by atoms with van der Waals surface area (Å²) in [7, 11) is 1.61. The van der Waals surface area contributed by atoms with E-state index in [1.165, 1.54) is 0 Å². The molecule has 2 aromatic heterocycles. The number of hydrogen-bond donors (Lipinski definition) is 1. The fraction of sp³-hybridized carbons (Fsp3) is 0.214. The van der Waals surface area contributed by atoms with Crippen molar-refractivity contribution in [2.75, 3.05) is 13.7 Å². The lowest BCUT2D eigenvalue weighted by atomic mass is 10.0. The maximum absolute atomic E-state index is 13.5. The first kappa shape index (κ1) is 23.4. The van der Waals surface area contributed by atoms with Crippen LogP contribution in [-0.4, -0.2) is 43.7 Å². The van der Waals surface area contributed by atoms with Gasteiger partial charge in [0.2, 0.25) is 0 Å². The summed E-state index contributed by atoms with van der Waals surface area (Å²) in [6, 6.07) is 27.4. The first-order chi connectivity index (χ1) is 17.7. The first-order valence-corrected chi connectivity index (χ1v) is 11.9. The summed E-state index contributed by atoms with van der Waals surface area (Å²) >= 11 is 0. The highest BCUT2D eigenvalue weighted by atomic mass is 16.5. The molecule has 0 radical (unpaired) electrons. The molecule has 0 amide bonds. The molecule has 1 atom stereocenters. The molecule has 182 valence electrons. The summed E-state index contributed by atoms with van der Waals surface area (Å²) in [6.07, 6.45) is 0. The highest BCUT2D eigenvalue weighted by Gasteiger charge is 2.30. The molecule has 5 aromatic rings. The van der Waals surface area contributed by atoms with Gasteiger partial charge in [-0.3, -0.25) is 9.69 Å². The molecule has 2 heterocycles. The second-order valence-electron chi connectivity index (χ2n) is 8.64. The van der Waals surface area contributed by atoms with Crippen molar-refractivity contribution in [1.29, 1.82) is 0 Å². The van der Waals surface area contributed by atoms with Crippen LogP contribution in [0.2, 0.25) is 0 Å². The molecule has 0 bridgehead atoms. The molecule has 0 fully saturated rings. The second-order valence-corrected chi connectivity index (χ2v) is 8.64. The van der Waals surface area contributed by atoms with E-state index in [2.05, 4.69) is 44.5 Å². The molecule has 36 heavy (non-hydrogen) atoms. The molecule has 8 heteroatoms. The zero-order chi connectivity index (χ0) is 24.9. The van der Waals surface area contributed by atoms with Gasteiger partial charge in [-0.15, -0.1) is 5.10 Å². The van der Waals surface area contributed by atoms with Crippen molar-refractivity contribution in [2.45, 2.75) is 26.1 Å². The number of H-pyrrole nitrogens is 1. The molecular formula is C28H28N6O2. The molecule has 0 aliphatic carbocycles. The number of benzene rings is 3. The first-order valence-electron chi connectivity index (χ1n) is 11.9. The SMILES string of the molecule is CCN(Cc1ccccc1)C(c1cc2ccc(OC)cc2[nH]c1=O)c1nnnn1Cc1ccccc1. The normalized spacial score (nSPS) is 12.2. The molecule has 8 nitrogen and oxygen atoms in total. The number of ether oxygens (including phenoxy) is 1. The molecule has 5 rings (SSSR count). The standard InChI is InChI=1S/C28H28N6O2/c1-3-33(18-20-10-6-4-7-11-20)26(27-30-31-32-34(27)19-21-12-8-5-9-13-21)24-16-22-14-15-23(36-2)17-25(22)29-28(24)35/h4-17,26H,3,18-19H2,1-2H3,(H,29,35). The Morgan fingerprint density at radius 1 is 0.972 bits per heavy atom. The Kier molecular flexibility index (Phi) is 6.86. The van der Waals surface area contributed by atoms with Gasteiger partial charge in [0, 0.05) is 18.2 Å². The maximum Gasteiger partial charge on any atom is 0.253 e. The van der Waals surface area contributed by atoms with Gasteiger partial charge in [-0.05, 0) is 51.7 Å². The molecule has 0 saturated carbocycles. The number of nitrogens with one attached hydrogen (secondary N) is 1. The molecule has 0 aliphatic rings. The Labute approximate surface area is 209 Å². The predicted molar refractivity (Wildman–Crippen MR) is 139 cm³/mol. The third-order valence-electron chi connectivity index (χ3n) is 6.36. The van der Waals surface area contributed by atoms with Gasteiger partial charge in [0.15, 0.2) is 5.82 Å². The number of nitrogens with zero attached hydrogens (tertiary/aromatic N) is 5. The molecule has 0 saturated heterocycles. The van der Waals surface area contributed by atoms with Crippen LogP contribution in [0.1, 0.15) is 35.5 Å². The van der Waals surface area contributed by atoms with Crippen molar-refractivity contribution in [1.82, 2.24) is 30.1 Å². The second kappa shape index (κ2) is 10.5. The van der Waals surface area contributed by atoms with Gasteiger partial charge in [-0.1, -0.05) is 67.6 Å². The Balaban J connectivity index is 1.63. The van der Waals surface area contributed by atoms with Crippen LogP contribution in [0.25, 0.3) is 10.9 Å². The molecule has 1 N–H and O–H groups in total. The molecule has 1 unspecified atom stereocenters. The zero-order valence-corrected chi connectivity index (χ0v) is 20.3. The highest BCUT2D eigenvalue weighted by Crippen LogP contribution is 2.29. The summed E-state index contributed by atoms with van der Waals surface area (Å²) < 4.78 is 7.12. The fourth-order valence-electron chi connectivity index (χ4n) is 4.51. The molecular weight excluding hydrogens is 452 g/mol. The Bertz CT molecular complexity index is 1500. The van der Waals surface area contributed by atoms with Crippen molar-refractivity contribution < 1.29 is 4.74 Å². The van der Waals surface area contributed by atoms with Crippen LogP contribution in [0.15, 0.2) is 89.7 Å². The minimum absolute atomic E-state index is 0.179. The average Bonchev–Trinajstić information content (AvgIpc) is 3.36. The van der Waals surface area contributed by atoms with E-state index in [1.807, 2.05) is 72.8 Å². The number of hydrogen-bond acceptors (Lipinski definition) is 6. The van der Waals surface area contributed by atoms with E-state index in [4.69, 9.17) is 4.74 Å². The van der Waals surface area contributed by atoms with Crippen LogP contribution in [0.4, 0.5) is 0 Å². The van der Waals surface area contributed by atoms with Crippen molar-refractivity contribution in [3.8, 4) is 5.75 Å². The topological polar surface area (TPSA) is 88.9 Å². The van der Waals surface area contributed by atoms with Gasteiger partial charge in [0.05, 0.1) is 19.2 Å². The van der Waals surface area contributed by atoms with Crippen LogP contribution < -0.4 is 10.3 Å². The van der Waals surface area contributed by atoms with Gasteiger partial charge >= 0.3 is 0 Å². The van der Waals surface area contributed by atoms with Gasteiger partial charge in [0.25, 0.3) is 5.56 Å². The van der Waals surface area contributed by atoms with Crippen LogP contribution in [0.5, 0.6) is 5.75 Å². The number of pyridine rings is 1. The van der Waals surface area contributed by atoms with Gasteiger partial charge < -0.3 is 9.72 Å². The van der Waals surface area contributed by atoms with Crippen LogP contribution >= 0.6 is 0 Å². The third kappa shape index (κ3) is 4.89. The van der Waals surface area contributed by atoms with Crippen LogP contribution in [0, 0.1) is 0 Å². The fourth-order valence-corrected chi connectivity index (χ4v) is 4.51. The van der Waals surface area contributed by atoms with Crippen molar-refractivity contribution in [2.24, 2.45) is 0 Å². The number of tetrazole rings is 1. The summed E-state index contributed by atoms with van der Waals surface area (Å²) in [5.74, 6) is 1.31. The van der Waals surface area contributed by atoms with Gasteiger partial charge in [0.1, 0.15) is 11.8 Å². The van der Waals surface area contributed by atoms with Gasteiger partial charge in [-0.2, -0.15) is 0 Å². The van der Waals surface area contributed by atoms with Crippen LogP contribution in [0.3, 0.4) is 0 Å². The lowest BCUT2D eigenvalue weighted by molar-refractivity contribution is 0.214. The number of fused-ring (bicyclic) bond motifs is 1. The summed E-state index contributed by atoms with van der Waals surface area (Å²) in [5, 5.41) is 13.7. The van der Waals surface area contributed by atoms with E-state index in [0.29, 0.717) is 36.8 Å². The van der Waals surface area contributed by atoms with E-state index in [1.54, 1.807) is 11.8 Å². The Morgan fingerprint density at radius 3 is 2.39 bits per heavy atom. The minimum Gasteiger partial charge on any atom is -0.497 e. The van der Waals surface area contributed by atoms with Crippen molar-refractivity contribution >= 4 is 10.9 Å². The summed E-state index contributed by atoms with van der Waals surface area (Å²) in [6.45, 7) is 3.92. The molecule has 0 aliphatic heterocycles. The van der Waals surface area contributed by atoms with Gasteiger partial charge in [-0.25, -0.2) is 4.68 Å². The minimum atomic E-state index is -0.454. The van der Waals surface area contributed by atoms with E-state index < -0.39 is 6.04 Å². The number of aromatic nitrogens is 5. The van der Waals surface area contributed by atoms with Crippen molar-refractivity contribution in [3.05, 3.63) is 118 Å². The largest absolute Gasteiger partial charge is 0.497 e. The number of aromatic amines is 1. The van der Waals surface area contributed by atoms with Crippen molar-refractivity contribution in [3.63, 3.8) is 0 Å². The summed E-state index contributed by atoms with van der Waals surface area (Å²) in [5.41, 5.74) is 3.36. The Morgan fingerprint density at radius 2 is 1.69 bits per heavy atom. The average molecular weight is 481 g/mol.